The maximum atomic E-state index is 16.0. The number of amides is 1. The van der Waals surface area contributed by atoms with Gasteiger partial charge in [-0.15, -0.1) is 0 Å². The molecule has 0 aliphatic carbocycles. The molecule has 0 bridgehead atoms. The Balaban J connectivity index is 1.24. The zero-order valence-corrected chi connectivity index (χ0v) is 28.1. The minimum atomic E-state index is -0.711. The van der Waals surface area contributed by atoms with Gasteiger partial charge in [0.15, 0.2) is 27.8 Å². The Bertz CT molecular complexity index is 2470. The van der Waals surface area contributed by atoms with Crippen LogP contribution in [0.2, 0.25) is 0 Å². The summed E-state index contributed by atoms with van der Waals surface area (Å²) < 4.78 is 34.8. The van der Waals surface area contributed by atoms with Gasteiger partial charge in [-0.2, -0.15) is 0 Å². The van der Waals surface area contributed by atoms with Crippen molar-refractivity contribution in [3.63, 3.8) is 0 Å². The van der Waals surface area contributed by atoms with Gasteiger partial charge in [-0.3, -0.25) is 29.0 Å². The molecule has 0 spiro atoms. The Morgan fingerprint density at radius 3 is 2.00 bits per heavy atom. The van der Waals surface area contributed by atoms with Gasteiger partial charge in [0.1, 0.15) is 16.8 Å². The number of hydrogen-bond acceptors (Lipinski definition) is 10. The van der Waals surface area contributed by atoms with Crippen LogP contribution in [0.25, 0.3) is 49.1 Å². The maximum Gasteiger partial charge on any atom is 0.256 e. The number of nitrogens with one attached hydrogen (secondary N) is 2. The topological polar surface area (TPSA) is 135 Å². The largest absolute Gasteiger partial charge is 0.451 e. The summed E-state index contributed by atoms with van der Waals surface area (Å²) in [6.07, 6.45) is 2.81. The quantitative estimate of drug-likeness (QED) is 0.125. The molecular weight excluding hydrogens is 657 g/mol. The van der Waals surface area contributed by atoms with E-state index < -0.39 is 17.2 Å². The first-order valence-corrected chi connectivity index (χ1v) is 17.5. The van der Waals surface area contributed by atoms with Gasteiger partial charge in [-0.25, -0.2) is 4.39 Å². The first-order chi connectivity index (χ1) is 24.9. The van der Waals surface area contributed by atoms with Crippen LogP contribution in [0.15, 0.2) is 67.5 Å². The number of morpholine rings is 2. The van der Waals surface area contributed by atoms with E-state index in [1.807, 2.05) is 0 Å². The van der Waals surface area contributed by atoms with Crippen LogP contribution in [-0.2, 0) is 9.47 Å². The van der Waals surface area contributed by atoms with E-state index in [9.17, 15) is 19.2 Å². The minimum Gasteiger partial charge on any atom is -0.451 e. The molecule has 2 N–H and O–H groups in total. The van der Waals surface area contributed by atoms with E-state index in [0.717, 1.165) is 45.3 Å². The predicted octanol–water partition coefficient (Wildman–Crippen LogP) is 3.39. The Kier molecular flexibility index (Phi) is 9.11. The number of nitrogens with zero attached hydrogens (tertiary/aromatic N) is 3. The molecule has 2 saturated heterocycles. The average Bonchev–Trinajstić information content (AvgIpc) is 3.16. The fourth-order valence-corrected chi connectivity index (χ4v) is 7.30. The number of benzene rings is 4. The standard InChI is InChI=1S/C38H38FN5O7/c39-29-19-27-33-37(32(29)40-7-3-9-42-11-15-49-16-12-42)51-31-21-26-25(34(45)23-5-1-2-6-24(23)35(26)46)20-30(31)44(33)22-28(36(27)47)38(48)41-8-4-10-43-13-17-50-18-14-43/h1-2,5-6,19-22,40H,3-4,7-18H2,(H,41,48). The van der Waals surface area contributed by atoms with Crippen LogP contribution >= 0.6 is 0 Å². The molecule has 6 aromatic rings. The molecule has 264 valence electrons. The third-order valence-corrected chi connectivity index (χ3v) is 10.0. The van der Waals surface area contributed by atoms with Crippen molar-refractivity contribution in [3.05, 3.63) is 90.7 Å². The molecule has 4 heterocycles. The highest BCUT2D eigenvalue weighted by Crippen LogP contribution is 2.34. The van der Waals surface area contributed by atoms with Crippen LogP contribution < -0.4 is 26.9 Å². The van der Waals surface area contributed by atoms with Crippen LogP contribution in [0.5, 0.6) is 0 Å². The lowest BCUT2D eigenvalue weighted by molar-refractivity contribution is 0.0374. The Morgan fingerprint density at radius 2 is 1.35 bits per heavy atom. The van der Waals surface area contributed by atoms with Crippen molar-refractivity contribution in [1.29, 1.82) is 0 Å². The van der Waals surface area contributed by atoms with Crippen LogP contribution in [0.4, 0.5) is 10.1 Å². The zero-order valence-electron chi connectivity index (χ0n) is 28.1. The normalized spacial score (nSPS) is 16.2. The number of halogens is 1. The lowest BCUT2D eigenvalue weighted by atomic mass is 10.0. The number of anilines is 1. The lowest BCUT2D eigenvalue weighted by Crippen LogP contribution is -2.38. The summed E-state index contributed by atoms with van der Waals surface area (Å²) in [6.45, 7) is 8.36. The van der Waals surface area contributed by atoms with Crippen molar-refractivity contribution in [3.8, 4) is 0 Å². The monoisotopic (exact) mass is 695 g/mol. The van der Waals surface area contributed by atoms with Crippen LogP contribution in [0, 0.1) is 5.82 Å². The highest BCUT2D eigenvalue weighted by Gasteiger charge is 2.24. The molecule has 1 amide bonds. The maximum absolute atomic E-state index is 16.0. The molecule has 2 fully saturated rings. The second-order valence-corrected chi connectivity index (χ2v) is 13.2. The lowest BCUT2D eigenvalue weighted by Gasteiger charge is -2.26. The molecule has 2 aromatic heterocycles. The van der Waals surface area contributed by atoms with Crippen molar-refractivity contribution < 1.29 is 23.1 Å². The number of ether oxygens (including phenoxy) is 2. The smallest absolute Gasteiger partial charge is 0.256 e. The van der Waals surface area contributed by atoms with Gasteiger partial charge in [0.25, 0.3) is 5.91 Å². The summed E-state index contributed by atoms with van der Waals surface area (Å²) in [5, 5.41) is 6.91. The van der Waals surface area contributed by atoms with Gasteiger partial charge >= 0.3 is 0 Å². The summed E-state index contributed by atoms with van der Waals surface area (Å²) in [4.78, 5) is 59.3. The highest BCUT2D eigenvalue weighted by atomic mass is 19.1. The number of carbonyl (C=O) groups excluding carboxylic acids is 1. The van der Waals surface area contributed by atoms with E-state index in [1.54, 1.807) is 34.7 Å². The molecule has 13 heteroatoms. The fourth-order valence-electron chi connectivity index (χ4n) is 7.30. The van der Waals surface area contributed by atoms with Gasteiger partial charge in [0.05, 0.1) is 37.3 Å². The third-order valence-electron chi connectivity index (χ3n) is 10.0. The molecule has 0 atom stereocenters. The van der Waals surface area contributed by atoms with Crippen LogP contribution in [0.3, 0.4) is 0 Å². The van der Waals surface area contributed by atoms with Crippen molar-refractivity contribution >= 4 is 60.7 Å². The van der Waals surface area contributed by atoms with Gasteiger partial charge in [-0.05, 0) is 44.1 Å². The van der Waals surface area contributed by atoms with Gasteiger partial charge in [0.2, 0.25) is 5.43 Å². The number of pyridine rings is 1. The van der Waals surface area contributed by atoms with E-state index >= 15 is 4.39 Å². The van der Waals surface area contributed by atoms with E-state index in [-0.39, 0.29) is 60.3 Å². The molecule has 0 radical (unpaired) electrons. The van der Waals surface area contributed by atoms with E-state index in [1.165, 1.54) is 12.3 Å². The summed E-state index contributed by atoms with van der Waals surface area (Å²) in [5.41, 5.74) is -0.569. The highest BCUT2D eigenvalue weighted by molar-refractivity contribution is 6.08. The van der Waals surface area contributed by atoms with E-state index in [2.05, 4.69) is 20.4 Å². The Morgan fingerprint density at radius 1 is 0.745 bits per heavy atom. The van der Waals surface area contributed by atoms with Crippen LogP contribution in [-0.4, -0.2) is 98.9 Å². The van der Waals surface area contributed by atoms with Gasteiger partial charge in [0, 0.05) is 67.0 Å². The summed E-state index contributed by atoms with van der Waals surface area (Å²) in [6, 6.07) is 10.8. The molecule has 2 aliphatic rings. The molecule has 8 rings (SSSR count). The Labute approximate surface area is 290 Å². The van der Waals surface area contributed by atoms with Crippen molar-refractivity contribution in [1.82, 2.24) is 19.5 Å². The predicted molar refractivity (Wildman–Crippen MR) is 194 cm³/mol. The third kappa shape index (κ3) is 6.20. The molecule has 4 aromatic carbocycles. The molecule has 2 aliphatic heterocycles. The zero-order chi connectivity index (χ0) is 35.1. The number of aromatic nitrogens is 1. The molecule has 0 saturated carbocycles. The number of carbonyl (C=O) groups is 1. The summed E-state index contributed by atoms with van der Waals surface area (Å²) in [5.74, 6) is -1.30. The van der Waals surface area contributed by atoms with Crippen molar-refractivity contribution in [2.75, 3.05) is 84.1 Å². The summed E-state index contributed by atoms with van der Waals surface area (Å²) >= 11 is 0. The number of hydrogen-bond donors (Lipinski definition) is 2. The first-order valence-electron chi connectivity index (χ1n) is 17.5. The number of fused-ring (bicyclic) bond motifs is 4. The van der Waals surface area contributed by atoms with Crippen molar-refractivity contribution in [2.45, 2.75) is 12.8 Å². The fraction of sp³-hybridized carbons (Fsp3) is 0.368. The summed E-state index contributed by atoms with van der Waals surface area (Å²) in [7, 11) is 0. The van der Waals surface area contributed by atoms with Gasteiger partial charge < -0.3 is 28.9 Å². The number of rotatable bonds is 10. The first kappa shape index (κ1) is 33.2. The SMILES string of the molecule is O=C(NCCCN1CCOCC1)c1cn2c3cc4c(=O)c5ccccc5c(=O)c4cc3oc3c(NCCCN4CCOCC4)c(F)cc(c1=O)c32. The second-order valence-electron chi connectivity index (χ2n) is 13.2. The van der Waals surface area contributed by atoms with E-state index in [4.69, 9.17) is 13.9 Å². The van der Waals surface area contributed by atoms with Crippen LogP contribution in [0.1, 0.15) is 23.2 Å². The molecule has 0 unspecified atom stereocenters. The average molecular weight is 696 g/mol. The van der Waals surface area contributed by atoms with Crippen molar-refractivity contribution in [2.24, 2.45) is 0 Å². The molecule has 12 nitrogen and oxygen atoms in total. The molecular formula is C38H38FN5O7. The second kappa shape index (κ2) is 14.0. The Hall–Kier alpha value is -4.95. The molecule has 51 heavy (non-hydrogen) atoms. The minimum absolute atomic E-state index is 0.0431. The van der Waals surface area contributed by atoms with Gasteiger partial charge in [-0.1, -0.05) is 24.3 Å². The van der Waals surface area contributed by atoms with E-state index in [0.29, 0.717) is 63.3 Å².